The highest BCUT2D eigenvalue weighted by molar-refractivity contribution is 5.88. The number of rotatable bonds is 5. The van der Waals surface area contributed by atoms with Gasteiger partial charge in [-0.15, -0.1) is 0 Å². The molecule has 0 aliphatic heterocycles. The molecule has 0 bridgehead atoms. The van der Waals surface area contributed by atoms with Crippen LogP contribution in [-0.4, -0.2) is 20.2 Å². The number of anilines is 1. The number of nitrogens with one attached hydrogen (secondary N) is 2. The predicted octanol–water partition coefficient (Wildman–Crippen LogP) is 4.97. The molecule has 0 unspecified atom stereocenters. The van der Waals surface area contributed by atoms with Gasteiger partial charge >= 0.3 is 0 Å². The summed E-state index contributed by atoms with van der Waals surface area (Å²) < 4.78 is 26.9. The first-order valence-electron chi connectivity index (χ1n) is 8.74. The maximum absolute atomic E-state index is 13.5. The van der Waals surface area contributed by atoms with Gasteiger partial charge < -0.3 is 5.32 Å². The van der Waals surface area contributed by atoms with E-state index in [0.717, 1.165) is 28.5 Å². The predicted molar refractivity (Wildman–Crippen MR) is 105 cm³/mol. The van der Waals surface area contributed by atoms with Crippen LogP contribution in [0.1, 0.15) is 29.9 Å². The van der Waals surface area contributed by atoms with Crippen LogP contribution < -0.4 is 5.32 Å². The Morgan fingerprint density at radius 2 is 1.86 bits per heavy atom. The average molecular weight is 377 g/mol. The second-order valence-corrected chi connectivity index (χ2v) is 6.39. The van der Waals surface area contributed by atoms with E-state index in [9.17, 15) is 8.78 Å². The molecule has 0 saturated heterocycles. The molecule has 7 heteroatoms. The zero-order valence-electron chi connectivity index (χ0n) is 15.0. The van der Waals surface area contributed by atoms with E-state index in [1.54, 1.807) is 12.4 Å². The van der Waals surface area contributed by atoms with Gasteiger partial charge in [0.15, 0.2) is 5.65 Å². The monoisotopic (exact) mass is 377 g/mol. The van der Waals surface area contributed by atoms with Crippen molar-refractivity contribution in [3.63, 3.8) is 0 Å². The van der Waals surface area contributed by atoms with Crippen LogP contribution in [0, 0.1) is 11.6 Å². The van der Waals surface area contributed by atoms with Crippen LogP contribution in [0.5, 0.6) is 0 Å². The van der Waals surface area contributed by atoms with E-state index in [1.165, 1.54) is 12.1 Å². The van der Waals surface area contributed by atoms with E-state index < -0.39 is 11.6 Å². The van der Waals surface area contributed by atoms with Crippen molar-refractivity contribution in [1.29, 1.82) is 0 Å². The normalized spacial score (nSPS) is 12.5. The van der Waals surface area contributed by atoms with Gasteiger partial charge in [0.25, 0.3) is 0 Å². The van der Waals surface area contributed by atoms with Crippen LogP contribution in [0.15, 0.2) is 54.9 Å². The summed E-state index contributed by atoms with van der Waals surface area (Å²) in [6.07, 6.45) is 7.10. The van der Waals surface area contributed by atoms with E-state index in [2.05, 4.69) is 25.5 Å². The van der Waals surface area contributed by atoms with Crippen molar-refractivity contribution in [2.45, 2.75) is 13.0 Å². The SMILES string of the molecule is C[C@@H](Nc1cnc2[nH]nc(/C=C/c3ccccn3)c2c1)c1cc(F)cc(F)c1. The lowest BCUT2D eigenvalue weighted by Gasteiger charge is -2.15. The minimum absolute atomic E-state index is 0.302. The molecule has 0 aliphatic rings. The van der Waals surface area contributed by atoms with Crippen molar-refractivity contribution in [2.75, 3.05) is 5.32 Å². The quantitative estimate of drug-likeness (QED) is 0.515. The number of fused-ring (bicyclic) bond motifs is 1. The van der Waals surface area contributed by atoms with Gasteiger partial charge in [-0.1, -0.05) is 6.07 Å². The summed E-state index contributed by atoms with van der Waals surface area (Å²) in [4.78, 5) is 8.61. The standard InChI is InChI=1S/C21H17F2N5/c1-13(14-8-15(22)10-16(23)9-14)26-18-11-19-20(27-28-21(19)25-12-18)6-5-17-4-2-3-7-24-17/h2-13,26H,1H3,(H,25,27,28)/b6-5+/t13-/m1/s1. The second-order valence-electron chi connectivity index (χ2n) is 6.39. The molecular weight excluding hydrogens is 360 g/mol. The number of aromatic amines is 1. The average Bonchev–Trinajstić information content (AvgIpc) is 3.09. The molecule has 4 aromatic rings. The van der Waals surface area contributed by atoms with Gasteiger partial charge in [0.1, 0.15) is 11.6 Å². The Kier molecular flexibility index (Phi) is 4.80. The second kappa shape index (κ2) is 7.56. The molecule has 140 valence electrons. The minimum atomic E-state index is -0.603. The number of pyridine rings is 2. The first kappa shape index (κ1) is 17.8. The van der Waals surface area contributed by atoms with Crippen molar-refractivity contribution in [3.05, 3.63) is 83.4 Å². The lowest BCUT2D eigenvalue weighted by Crippen LogP contribution is -2.07. The molecule has 4 rings (SSSR count). The van der Waals surface area contributed by atoms with E-state index in [4.69, 9.17) is 0 Å². The van der Waals surface area contributed by atoms with Crippen LogP contribution >= 0.6 is 0 Å². The van der Waals surface area contributed by atoms with Crippen molar-refractivity contribution < 1.29 is 8.78 Å². The molecule has 0 radical (unpaired) electrons. The molecule has 1 aromatic carbocycles. The van der Waals surface area contributed by atoms with Gasteiger partial charge in [-0.25, -0.2) is 13.8 Å². The molecule has 28 heavy (non-hydrogen) atoms. The first-order valence-corrected chi connectivity index (χ1v) is 8.74. The summed E-state index contributed by atoms with van der Waals surface area (Å²) >= 11 is 0. The minimum Gasteiger partial charge on any atom is -0.377 e. The van der Waals surface area contributed by atoms with Crippen LogP contribution in [0.2, 0.25) is 0 Å². The molecule has 2 N–H and O–H groups in total. The Morgan fingerprint density at radius 3 is 2.61 bits per heavy atom. The highest BCUT2D eigenvalue weighted by Gasteiger charge is 2.11. The lowest BCUT2D eigenvalue weighted by atomic mass is 10.1. The van der Waals surface area contributed by atoms with Crippen LogP contribution in [0.25, 0.3) is 23.2 Å². The van der Waals surface area contributed by atoms with Crippen LogP contribution in [0.3, 0.4) is 0 Å². The van der Waals surface area contributed by atoms with Crippen molar-refractivity contribution in [1.82, 2.24) is 20.2 Å². The number of aromatic nitrogens is 4. The third-order valence-corrected chi connectivity index (χ3v) is 4.31. The summed E-state index contributed by atoms with van der Waals surface area (Å²) in [6, 6.07) is 10.7. The summed E-state index contributed by atoms with van der Waals surface area (Å²) in [5.41, 5.74) is 3.43. The molecule has 0 aliphatic carbocycles. The van der Waals surface area contributed by atoms with E-state index in [0.29, 0.717) is 11.2 Å². The number of benzene rings is 1. The number of halogens is 2. The smallest absolute Gasteiger partial charge is 0.155 e. The molecule has 5 nitrogen and oxygen atoms in total. The Bertz CT molecular complexity index is 1120. The van der Waals surface area contributed by atoms with Crippen molar-refractivity contribution in [2.24, 2.45) is 0 Å². The number of nitrogens with zero attached hydrogens (tertiary/aromatic N) is 3. The van der Waals surface area contributed by atoms with Gasteiger partial charge in [0.2, 0.25) is 0 Å². The molecular formula is C21H17F2N5. The van der Waals surface area contributed by atoms with Gasteiger partial charge in [-0.05, 0) is 55.0 Å². The highest BCUT2D eigenvalue weighted by Crippen LogP contribution is 2.24. The number of hydrogen-bond donors (Lipinski definition) is 2. The molecule has 0 fully saturated rings. The number of H-pyrrole nitrogens is 1. The maximum Gasteiger partial charge on any atom is 0.155 e. The van der Waals surface area contributed by atoms with Gasteiger partial charge in [-0.2, -0.15) is 5.10 Å². The molecule has 0 spiro atoms. The molecule has 3 aromatic heterocycles. The Labute approximate surface area is 160 Å². The summed E-state index contributed by atoms with van der Waals surface area (Å²) in [7, 11) is 0. The molecule has 1 atom stereocenters. The van der Waals surface area contributed by atoms with Gasteiger partial charge in [0.05, 0.1) is 23.3 Å². The first-order chi connectivity index (χ1) is 13.6. The van der Waals surface area contributed by atoms with Gasteiger partial charge in [0, 0.05) is 23.7 Å². The molecule has 3 heterocycles. The number of hydrogen-bond acceptors (Lipinski definition) is 4. The van der Waals surface area contributed by atoms with Crippen molar-refractivity contribution in [3.8, 4) is 0 Å². The third kappa shape index (κ3) is 3.88. The van der Waals surface area contributed by atoms with E-state index in [1.807, 2.05) is 43.3 Å². The van der Waals surface area contributed by atoms with Crippen molar-refractivity contribution >= 4 is 28.9 Å². The zero-order valence-corrected chi connectivity index (χ0v) is 15.0. The Morgan fingerprint density at radius 1 is 1.04 bits per heavy atom. The Hall–Kier alpha value is -3.61. The fraction of sp³-hybridized carbons (Fsp3) is 0.0952. The van der Waals surface area contributed by atoms with Crippen LogP contribution in [0.4, 0.5) is 14.5 Å². The van der Waals surface area contributed by atoms with E-state index in [-0.39, 0.29) is 6.04 Å². The maximum atomic E-state index is 13.5. The summed E-state index contributed by atoms with van der Waals surface area (Å²) in [6.45, 7) is 1.83. The van der Waals surface area contributed by atoms with Crippen LogP contribution in [-0.2, 0) is 0 Å². The Balaban J connectivity index is 1.59. The molecule has 0 saturated carbocycles. The van der Waals surface area contributed by atoms with Gasteiger partial charge in [-0.3, -0.25) is 10.1 Å². The molecule has 0 amide bonds. The third-order valence-electron chi connectivity index (χ3n) is 4.31. The highest BCUT2D eigenvalue weighted by atomic mass is 19.1. The topological polar surface area (TPSA) is 66.5 Å². The van der Waals surface area contributed by atoms with E-state index >= 15 is 0 Å². The fourth-order valence-electron chi connectivity index (χ4n) is 2.93. The zero-order chi connectivity index (χ0) is 19.5. The largest absolute Gasteiger partial charge is 0.377 e. The lowest BCUT2D eigenvalue weighted by molar-refractivity contribution is 0.577. The summed E-state index contributed by atoms with van der Waals surface area (Å²) in [5, 5.41) is 11.2. The summed E-state index contributed by atoms with van der Waals surface area (Å²) in [5.74, 6) is -1.21. The fourth-order valence-corrected chi connectivity index (χ4v) is 2.93.